The lowest BCUT2D eigenvalue weighted by atomic mass is 9.90. The van der Waals surface area contributed by atoms with Crippen molar-refractivity contribution in [2.75, 3.05) is 0 Å². The maximum absolute atomic E-state index is 11.2. The molecule has 0 spiro atoms. The summed E-state index contributed by atoms with van der Waals surface area (Å²) >= 11 is 0. The second-order valence-corrected chi connectivity index (χ2v) is 4.24. The van der Waals surface area contributed by atoms with Crippen LogP contribution in [-0.4, -0.2) is 11.1 Å². The van der Waals surface area contributed by atoms with Gasteiger partial charge in [0.05, 0.1) is 5.92 Å². The Bertz CT molecular complexity index is 393. The SMILES string of the molecule is C=C(C)CCC(C(=O)O)c1ccccc1C. The highest BCUT2D eigenvalue weighted by atomic mass is 16.4. The van der Waals surface area contributed by atoms with Gasteiger partial charge < -0.3 is 5.11 Å². The van der Waals surface area contributed by atoms with E-state index < -0.39 is 11.9 Å². The molecule has 1 atom stereocenters. The van der Waals surface area contributed by atoms with Gasteiger partial charge in [-0.1, -0.05) is 29.8 Å². The predicted molar refractivity (Wildman–Crippen MR) is 65.6 cm³/mol. The maximum atomic E-state index is 11.2. The van der Waals surface area contributed by atoms with Crippen molar-refractivity contribution in [2.24, 2.45) is 0 Å². The van der Waals surface area contributed by atoms with E-state index in [1.165, 1.54) is 0 Å². The van der Waals surface area contributed by atoms with E-state index in [0.29, 0.717) is 6.42 Å². The molecule has 1 aromatic rings. The van der Waals surface area contributed by atoms with Crippen molar-refractivity contribution in [1.82, 2.24) is 0 Å². The Kier molecular flexibility index (Phi) is 4.29. The van der Waals surface area contributed by atoms with Crippen LogP contribution in [0.1, 0.15) is 36.8 Å². The first-order chi connectivity index (χ1) is 7.52. The van der Waals surface area contributed by atoms with Gasteiger partial charge in [0.25, 0.3) is 0 Å². The zero-order valence-corrected chi connectivity index (χ0v) is 9.86. The minimum absolute atomic E-state index is 0.419. The molecule has 2 heteroatoms. The number of carboxylic acid groups (broad SMARTS) is 1. The van der Waals surface area contributed by atoms with E-state index in [0.717, 1.165) is 23.1 Å². The second-order valence-electron chi connectivity index (χ2n) is 4.24. The minimum atomic E-state index is -0.754. The Morgan fingerprint density at radius 3 is 2.56 bits per heavy atom. The number of allylic oxidation sites excluding steroid dienone is 1. The molecule has 1 rings (SSSR count). The van der Waals surface area contributed by atoms with Crippen LogP contribution in [0.5, 0.6) is 0 Å². The molecule has 1 N–H and O–H groups in total. The molecule has 0 aliphatic carbocycles. The van der Waals surface area contributed by atoms with Crippen LogP contribution in [-0.2, 0) is 4.79 Å². The van der Waals surface area contributed by atoms with E-state index in [1.807, 2.05) is 38.1 Å². The van der Waals surface area contributed by atoms with Crippen molar-refractivity contribution in [3.05, 3.63) is 47.5 Å². The molecule has 0 saturated heterocycles. The van der Waals surface area contributed by atoms with Crippen molar-refractivity contribution < 1.29 is 9.90 Å². The van der Waals surface area contributed by atoms with Crippen LogP contribution in [0, 0.1) is 6.92 Å². The van der Waals surface area contributed by atoms with Crippen LogP contribution in [0.4, 0.5) is 0 Å². The summed E-state index contributed by atoms with van der Waals surface area (Å²) in [7, 11) is 0. The van der Waals surface area contributed by atoms with Crippen molar-refractivity contribution in [3.63, 3.8) is 0 Å². The number of aryl methyl sites for hydroxylation is 1. The molecule has 0 aliphatic heterocycles. The van der Waals surface area contributed by atoms with Gasteiger partial charge in [-0.15, -0.1) is 6.58 Å². The van der Waals surface area contributed by atoms with E-state index in [-0.39, 0.29) is 0 Å². The van der Waals surface area contributed by atoms with Crippen LogP contribution in [0.2, 0.25) is 0 Å². The first kappa shape index (κ1) is 12.5. The van der Waals surface area contributed by atoms with Crippen LogP contribution in [0.25, 0.3) is 0 Å². The first-order valence-corrected chi connectivity index (χ1v) is 5.45. The fourth-order valence-electron chi connectivity index (χ4n) is 1.78. The van der Waals surface area contributed by atoms with Gasteiger partial charge in [-0.2, -0.15) is 0 Å². The Labute approximate surface area is 96.6 Å². The van der Waals surface area contributed by atoms with Gasteiger partial charge in [0.2, 0.25) is 0 Å². The molecule has 0 aliphatic rings. The summed E-state index contributed by atoms with van der Waals surface area (Å²) in [5.41, 5.74) is 2.98. The number of carboxylic acids is 1. The normalized spacial score (nSPS) is 12.1. The van der Waals surface area contributed by atoms with Gasteiger partial charge in [0, 0.05) is 0 Å². The van der Waals surface area contributed by atoms with Gasteiger partial charge in [-0.05, 0) is 37.8 Å². The topological polar surface area (TPSA) is 37.3 Å². The number of hydrogen-bond donors (Lipinski definition) is 1. The van der Waals surface area contributed by atoms with E-state index >= 15 is 0 Å². The lowest BCUT2D eigenvalue weighted by Gasteiger charge is -2.15. The molecule has 1 aromatic carbocycles. The Morgan fingerprint density at radius 1 is 1.44 bits per heavy atom. The van der Waals surface area contributed by atoms with E-state index in [2.05, 4.69) is 6.58 Å². The summed E-state index contributed by atoms with van der Waals surface area (Å²) in [5, 5.41) is 9.23. The summed E-state index contributed by atoms with van der Waals surface area (Å²) in [6.45, 7) is 7.69. The Morgan fingerprint density at radius 2 is 2.06 bits per heavy atom. The molecular formula is C14H18O2. The summed E-state index contributed by atoms with van der Waals surface area (Å²) in [5.74, 6) is -1.17. The maximum Gasteiger partial charge on any atom is 0.310 e. The molecule has 0 aromatic heterocycles. The van der Waals surface area contributed by atoms with Crippen LogP contribution in [0.3, 0.4) is 0 Å². The second kappa shape index (κ2) is 5.50. The van der Waals surface area contributed by atoms with Crippen LogP contribution >= 0.6 is 0 Å². The fourth-order valence-corrected chi connectivity index (χ4v) is 1.78. The quantitative estimate of drug-likeness (QED) is 0.768. The summed E-state index contributed by atoms with van der Waals surface area (Å²) in [6, 6.07) is 7.66. The van der Waals surface area contributed by atoms with Crippen molar-refractivity contribution in [1.29, 1.82) is 0 Å². The zero-order chi connectivity index (χ0) is 12.1. The van der Waals surface area contributed by atoms with Gasteiger partial charge >= 0.3 is 5.97 Å². The molecule has 86 valence electrons. The van der Waals surface area contributed by atoms with Gasteiger partial charge in [0.15, 0.2) is 0 Å². The highest BCUT2D eigenvalue weighted by Gasteiger charge is 2.20. The third-order valence-corrected chi connectivity index (χ3v) is 2.72. The minimum Gasteiger partial charge on any atom is -0.481 e. The fraction of sp³-hybridized carbons (Fsp3) is 0.357. The summed E-state index contributed by atoms with van der Waals surface area (Å²) < 4.78 is 0. The number of rotatable bonds is 5. The molecule has 0 fully saturated rings. The Hall–Kier alpha value is -1.57. The van der Waals surface area contributed by atoms with Gasteiger partial charge in [-0.3, -0.25) is 4.79 Å². The zero-order valence-electron chi connectivity index (χ0n) is 9.86. The summed E-state index contributed by atoms with van der Waals surface area (Å²) in [6.07, 6.45) is 1.38. The number of carbonyl (C=O) groups is 1. The highest BCUT2D eigenvalue weighted by molar-refractivity contribution is 5.76. The van der Waals surface area contributed by atoms with E-state index in [1.54, 1.807) is 0 Å². The summed E-state index contributed by atoms with van der Waals surface area (Å²) in [4.78, 5) is 11.2. The van der Waals surface area contributed by atoms with E-state index in [9.17, 15) is 9.90 Å². The predicted octanol–water partition coefficient (Wildman–Crippen LogP) is 3.52. The molecular weight excluding hydrogens is 200 g/mol. The standard InChI is InChI=1S/C14H18O2/c1-10(2)8-9-13(14(15)16)12-7-5-4-6-11(12)3/h4-7,13H,1,8-9H2,2-3H3,(H,15,16). The first-order valence-electron chi connectivity index (χ1n) is 5.45. The monoisotopic (exact) mass is 218 g/mol. The largest absolute Gasteiger partial charge is 0.481 e. The van der Waals surface area contributed by atoms with Crippen LogP contribution in [0.15, 0.2) is 36.4 Å². The molecule has 0 radical (unpaired) electrons. The molecule has 0 bridgehead atoms. The van der Waals surface area contributed by atoms with Crippen molar-refractivity contribution >= 4 is 5.97 Å². The average Bonchev–Trinajstić information content (AvgIpc) is 2.20. The molecule has 0 heterocycles. The van der Waals surface area contributed by atoms with Gasteiger partial charge in [0.1, 0.15) is 0 Å². The number of hydrogen-bond acceptors (Lipinski definition) is 1. The average molecular weight is 218 g/mol. The molecule has 1 unspecified atom stereocenters. The number of aliphatic carboxylic acids is 1. The third kappa shape index (κ3) is 3.23. The lowest BCUT2D eigenvalue weighted by molar-refractivity contribution is -0.139. The van der Waals surface area contributed by atoms with Crippen molar-refractivity contribution in [3.8, 4) is 0 Å². The molecule has 0 amide bonds. The smallest absolute Gasteiger partial charge is 0.310 e. The number of benzene rings is 1. The van der Waals surface area contributed by atoms with E-state index in [4.69, 9.17) is 0 Å². The van der Waals surface area contributed by atoms with Crippen LogP contribution < -0.4 is 0 Å². The third-order valence-electron chi connectivity index (χ3n) is 2.72. The molecule has 0 saturated carbocycles. The lowest BCUT2D eigenvalue weighted by Crippen LogP contribution is -2.13. The Balaban J connectivity index is 2.90. The van der Waals surface area contributed by atoms with Gasteiger partial charge in [-0.25, -0.2) is 0 Å². The molecule has 16 heavy (non-hydrogen) atoms. The highest BCUT2D eigenvalue weighted by Crippen LogP contribution is 2.25. The molecule has 2 nitrogen and oxygen atoms in total. The van der Waals surface area contributed by atoms with Crippen molar-refractivity contribution in [2.45, 2.75) is 32.6 Å².